The first-order valence-corrected chi connectivity index (χ1v) is 7.49. The van der Waals surface area contributed by atoms with Gasteiger partial charge in [0.2, 0.25) is 0 Å². The number of pyridine rings is 1. The number of aryl methyl sites for hydroxylation is 2. The van der Waals surface area contributed by atoms with Crippen LogP contribution in [-0.2, 0) is 10.0 Å². The maximum absolute atomic E-state index is 12.2. The van der Waals surface area contributed by atoms with Gasteiger partial charge in [-0.15, -0.1) is 0 Å². The maximum atomic E-state index is 12.2. The number of nitrogens with one attached hydrogen (secondary N) is 1. The highest BCUT2D eigenvalue weighted by Crippen LogP contribution is 2.16. The molecule has 5 nitrogen and oxygen atoms in total. The van der Waals surface area contributed by atoms with Crippen LogP contribution >= 0.6 is 0 Å². The second kappa shape index (κ2) is 5.83. The minimum Gasteiger partial charge on any atom is -0.265 e. The molecular weight excluding hydrogens is 274 g/mol. The smallest absolute Gasteiger partial charge is 0.265 e. The van der Waals surface area contributed by atoms with Gasteiger partial charge in [-0.2, -0.15) is 13.5 Å². The molecule has 1 N–H and O–H groups in total. The van der Waals surface area contributed by atoms with Gasteiger partial charge in [0.15, 0.2) is 0 Å². The van der Waals surface area contributed by atoms with Crippen LogP contribution in [0.25, 0.3) is 0 Å². The molecule has 20 heavy (non-hydrogen) atoms. The van der Waals surface area contributed by atoms with Crippen molar-refractivity contribution in [3.8, 4) is 0 Å². The first-order valence-electron chi connectivity index (χ1n) is 6.01. The van der Waals surface area contributed by atoms with Gasteiger partial charge in [-0.25, -0.2) is 4.83 Å². The van der Waals surface area contributed by atoms with Crippen LogP contribution in [0.5, 0.6) is 0 Å². The number of hydrogen-bond acceptors (Lipinski definition) is 4. The average Bonchev–Trinajstić information content (AvgIpc) is 2.42. The molecule has 2 aromatic rings. The van der Waals surface area contributed by atoms with Gasteiger partial charge in [0, 0.05) is 12.4 Å². The van der Waals surface area contributed by atoms with Crippen LogP contribution in [0.3, 0.4) is 0 Å². The maximum Gasteiger partial charge on any atom is 0.276 e. The van der Waals surface area contributed by atoms with E-state index in [4.69, 9.17) is 0 Å². The summed E-state index contributed by atoms with van der Waals surface area (Å²) in [4.78, 5) is 6.32. The van der Waals surface area contributed by atoms with Gasteiger partial charge in [-0.3, -0.25) is 4.98 Å². The van der Waals surface area contributed by atoms with Crippen LogP contribution in [0.4, 0.5) is 0 Å². The van der Waals surface area contributed by atoms with E-state index < -0.39 is 10.0 Å². The third-order valence-electron chi connectivity index (χ3n) is 2.73. The lowest BCUT2D eigenvalue weighted by Gasteiger charge is -2.07. The molecule has 104 valence electrons. The van der Waals surface area contributed by atoms with Crippen molar-refractivity contribution in [3.05, 3.63) is 59.4 Å². The predicted octanol–water partition coefficient (Wildman–Crippen LogP) is 2.01. The molecule has 0 spiro atoms. The van der Waals surface area contributed by atoms with Gasteiger partial charge in [0.1, 0.15) is 0 Å². The van der Waals surface area contributed by atoms with E-state index in [-0.39, 0.29) is 4.90 Å². The van der Waals surface area contributed by atoms with Crippen LogP contribution in [0, 0.1) is 13.8 Å². The third kappa shape index (κ3) is 3.42. The van der Waals surface area contributed by atoms with Crippen molar-refractivity contribution < 1.29 is 8.42 Å². The SMILES string of the molecule is Cc1ccc(C)c(S(=O)(=O)N/N=C\c2ccncc2)c1. The molecule has 1 heterocycles. The minimum absolute atomic E-state index is 0.240. The van der Waals surface area contributed by atoms with Gasteiger partial charge in [-0.1, -0.05) is 12.1 Å². The molecule has 0 fully saturated rings. The number of benzene rings is 1. The highest BCUT2D eigenvalue weighted by Gasteiger charge is 2.15. The predicted molar refractivity (Wildman–Crippen MR) is 78.1 cm³/mol. The molecular formula is C14H15N3O2S. The first-order chi connectivity index (χ1) is 9.49. The molecule has 0 aliphatic carbocycles. The fourth-order valence-electron chi connectivity index (χ4n) is 1.67. The molecule has 1 aromatic carbocycles. The Morgan fingerprint density at radius 2 is 1.85 bits per heavy atom. The topological polar surface area (TPSA) is 71.4 Å². The summed E-state index contributed by atoms with van der Waals surface area (Å²) in [6.45, 7) is 3.60. The Morgan fingerprint density at radius 1 is 1.15 bits per heavy atom. The number of hydrazone groups is 1. The third-order valence-corrected chi connectivity index (χ3v) is 4.09. The summed E-state index contributed by atoms with van der Waals surface area (Å²) in [6, 6.07) is 8.73. The Kier molecular flexibility index (Phi) is 4.14. The number of nitrogens with zero attached hydrogens (tertiary/aromatic N) is 2. The number of sulfonamides is 1. The second-order valence-electron chi connectivity index (χ2n) is 4.40. The molecule has 6 heteroatoms. The van der Waals surface area contributed by atoms with E-state index >= 15 is 0 Å². The van der Waals surface area contributed by atoms with Crippen LogP contribution in [0.1, 0.15) is 16.7 Å². The molecule has 0 amide bonds. The van der Waals surface area contributed by atoms with Crippen molar-refractivity contribution in [2.75, 3.05) is 0 Å². The first kappa shape index (κ1) is 14.2. The van der Waals surface area contributed by atoms with Gasteiger partial charge >= 0.3 is 0 Å². The van der Waals surface area contributed by atoms with E-state index in [2.05, 4.69) is 14.9 Å². The van der Waals surface area contributed by atoms with Crippen molar-refractivity contribution in [1.29, 1.82) is 0 Å². The van der Waals surface area contributed by atoms with Crippen LogP contribution in [0.2, 0.25) is 0 Å². The quantitative estimate of drug-likeness (QED) is 0.691. The number of rotatable bonds is 4. The zero-order valence-electron chi connectivity index (χ0n) is 11.2. The highest BCUT2D eigenvalue weighted by atomic mass is 32.2. The van der Waals surface area contributed by atoms with E-state index in [0.717, 1.165) is 11.1 Å². The van der Waals surface area contributed by atoms with Gasteiger partial charge < -0.3 is 0 Å². The van der Waals surface area contributed by atoms with Crippen LogP contribution < -0.4 is 4.83 Å². The van der Waals surface area contributed by atoms with Crippen LogP contribution in [0.15, 0.2) is 52.7 Å². The summed E-state index contributed by atoms with van der Waals surface area (Å²) >= 11 is 0. The average molecular weight is 289 g/mol. The minimum atomic E-state index is -3.65. The van der Waals surface area contributed by atoms with Gasteiger partial charge in [-0.05, 0) is 48.7 Å². The molecule has 0 atom stereocenters. The zero-order chi connectivity index (χ0) is 14.6. The molecule has 0 aliphatic heterocycles. The molecule has 0 bridgehead atoms. The lowest BCUT2D eigenvalue weighted by molar-refractivity contribution is 0.584. The lowest BCUT2D eigenvalue weighted by Crippen LogP contribution is -2.19. The van der Waals surface area contributed by atoms with Gasteiger partial charge in [0.25, 0.3) is 10.0 Å². The summed E-state index contributed by atoms with van der Waals surface area (Å²) < 4.78 is 24.3. The summed E-state index contributed by atoms with van der Waals surface area (Å²) in [6.07, 6.45) is 4.66. The summed E-state index contributed by atoms with van der Waals surface area (Å²) in [7, 11) is -3.65. The monoisotopic (exact) mass is 289 g/mol. The van der Waals surface area contributed by atoms with E-state index in [1.54, 1.807) is 43.6 Å². The fourth-order valence-corrected chi connectivity index (χ4v) is 2.79. The molecule has 0 radical (unpaired) electrons. The van der Waals surface area contributed by atoms with Crippen molar-refractivity contribution in [2.45, 2.75) is 18.7 Å². The molecule has 0 aliphatic rings. The largest absolute Gasteiger partial charge is 0.276 e. The molecule has 1 aromatic heterocycles. The molecule has 0 unspecified atom stereocenters. The summed E-state index contributed by atoms with van der Waals surface area (Å²) in [5.41, 5.74) is 2.33. The Morgan fingerprint density at radius 3 is 2.55 bits per heavy atom. The normalized spacial score (nSPS) is 11.7. The van der Waals surface area contributed by atoms with E-state index in [1.165, 1.54) is 6.21 Å². The Bertz CT molecular complexity index is 725. The molecule has 0 saturated heterocycles. The second-order valence-corrected chi connectivity index (χ2v) is 6.03. The molecule has 2 rings (SSSR count). The fraction of sp³-hybridized carbons (Fsp3) is 0.143. The van der Waals surface area contributed by atoms with E-state index in [0.29, 0.717) is 5.56 Å². The van der Waals surface area contributed by atoms with Crippen molar-refractivity contribution in [2.24, 2.45) is 5.10 Å². The Labute approximate surface area is 118 Å². The highest BCUT2D eigenvalue weighted by molar-refractivity contribution is 7.89. The van der Waals surface area contributed by atoms with Gasteiger partial charge in [0.05, 0.1) is 11.1 Å². The van der Waals surface area contributed by atoms with E-state index in [9.17, 15) is 8.42 Å². The van der Waals surface area contributed by atoms with Crippen molar-refractivity contribution in [1.82, 2.24) is 9.82 Å². The lowest BCUT2D eigenvalue weighted by atomic mass is 10.2. The van der Waals surface area contributed by atoms with E-state index in [1.807, 2.05) is 13.0 Å². The zero-order valence-corrected chi connectivity index (χ0v) is 12.1. The summed E-state index contributed by atoms with van der Waals surface area (Å²) in [5, 5.41) is 3.77. The summed E-state index contributed by atoms with van der Waals surface area (Å²) in [5.74, 6) is 0. The number of hydrogen-bond donors (Lipinski definition) is 1. The van der Waals surface area contributed by atoms with Crippen molar-refractivity contribution >= 4 is 16.2 Å². The van der Waals surface area contributed by atoms with Crippen LogP contribution in [-0.4, -0.2) is 19.6 Å². The standard InChI is InChI=1S/C14H15N3O2S/c1-11-3-4-12(2)14(9-11)20(18,19)17-16-10-13-5-7-15-8-6-13/h3-10,17H,1-2H3/b16-10-. The Hall–Kier alpha value is -2.21. The molecule has 0 saturated carbocycles. The Balaban J connectivity index is 2.20. The number of aromatic nitrogens is 1. The van der Waals surface area contributed by atoms with Crippen molar-refractivity contribution in [3.63, 3.8) is 0 Å².